The molecule has 7 nitrogen and oxygen atoms in total. The molecule has 0 aliphatic carbocycles. The van der Waals surface area contributed by atoms with Crippen LogP contribution in [0, 0.1) is 5.82 Å². The summed E-state index contributed by atoms with van der Waals surface area (Å²) in [5, 5.41) is 33.0. The van der Waals surface area contributed by atoms with Crippen molar-refractivity contribution in [1.82, 2.24) is 5.32 Å². The lowest BCUT2D eigenvalue weighted by Gasteiger charge is -2.16. The van der Waals surface area contributed by atoms with Gasteiger partial charge in [-0.1, -0.05) is 42.5 Å². The molecular weight excluding hydrogens is 429 g/mol. The third-order valence-corrected chi connectivity index (χ3v) is 5.37. The van der Waals surface area contributed by atoms with Crippen LogP contribution in [-0.4, -0.2) is 27.3 Å². The highest BCUT2D eigenvalue weighted by molar-refractivity contribution is 5.90. The maximum absolute atomic E-state index is 13.2. The minimum atomic E-state index is -1.08. The van der Waals surface area contributed by atoms with Gasteiger partial charge in [0.2, 0.25) is 5.43 Å². The van der Waals surface area contributed by atoms with Crippen molar-refractivity contribution in [2.24, 2.45) is 0 Å². The normalized spacial score (nSPS) is 12.0. The van der Waals surface area contributed by atoms with E-state index in [2.05, 4.69) is 5.32 Å². The van der Waals surface area contributed by atoms with Gasteiger partial charge in [-0.05, 0) is 29.7 Å². The van der Waals surface area contributed by atoms with Crippen molar-refractivity contribution in [3.63, 3.8) is 0 Å². The number of carboxylic acids is 1. The fourth-order valence-corrected chi connectivity index (χ4v) is 3.65. The first-order chi connectivity index (χ1) is 15.8. The molecule has 1 aromatic heterocycles. The summed E-state index contributed by atoms with van der Waals surface area (Å²) >= 11 is 0. The molecule has 8 heteroatoms. The third kappa shape index (κ3) is 4.56. The quantitative estimate of drug-likeness (QED) is 0.339. The van der Waals surface area contributed by atoms with E-state index < -0.39 is 29.0 Å². The number of hydrogen-bond donors (Lipinski definition) is 4. The molecule has 0 aliphatic rings. The van der Waals surface area contributed by atoms with E-state index in [1.165, 1.54) is 30.5 Å². The highest BCUT2D eigenvalue weighted by Gasteiger charge is 2.22. The average molecular weight is 449 g/mol. The number of phenols is 2. The first kappa shape index (κ1) is 22.0. The van der Waals surface area contributed by atoms with E-state index in [0.29, 0.717) is 5.56 Å². The number of hydrogen-bond acceptors (Lipinski definition) is 6. The number of benzene rings is 3. The summed E-state index contributed by atoms with van der Waals surface area (Å²) < 4.78 is 18.9. The number of halogens is 1. The standard InChI is InChI=1S/C25H20FNO6/c26-16-8-6-15(7-9-16)18-13-33-24-17(20(28)11-21(29)22(24)23(18)30)12-27-19(25(31)32)10-14-4-2-1-3-5-14/h1-9,11,13,19,27-29H,10,12H2,(H,31,32). The summed E-state index contributed by atoms with van der Waals surface area (Å²) in [5.74, 6) is -2.38. The van der Waals surface area contributed by atoms with Crippen molar-refractivity contribution in [2.75, 3.05) is 0 Å². The minimum Gasteiger partial charge on any atom is -0.507 e. The molecule has 1 atom stereocenters. The fraction of sp³-hybridized carbons (Fsp3) is 0.120. The summed E-state index contributed by atoms with van der Waals surface area (Å²) in [6, 6.07) is 14.3. The van der Waals surface area contributed by atoms with E-state index in [4.69, 9.17) is 4.42 Å². The predicted octanol–water partition coefficient (Wildman–Crippen LogP) is 3.80. The first-order valence-electron chi connectivity index (χ1n) is 10.1. The van der Waals surface area contributed by atoms with Crippen LogP contribution < -0.4 is 10.7 Å². The van der Waals surface area contributed by atoms with E-state index in [1.807, 2.05) is 6.07 Å². The van der Waals surface area contributed by atoms with Crippen molar-refractivity contribution in [1.29, 1.82) is 0 Å². The minimum absolute atomic E-state index is 0.0697. The monoisotopic (exact) mass is 449 g/mol. The molecule has 0 aliphatic heterocycles. The molecule has 0 bridgehead atoms. The van der Waals surface area contributed by atoms with Crippen molar-refractivity contribution in [3.05, 3.63) is 94.1 Å². The van der Waals surface area contributed by atoms with Gasteiger partial charge < -0.3 is 19.7 Å². The Morgan fingerprint density at radius 3 is 2.39 bits per heavy atom. The van der Waals surface area contributed by atoms with Gasteiger partial charge in [0.05, 0.1) is 11.1 Å². The van der Waals surface area contributed by atoms with Gasteiger partial charge >= 0.3 is 5.97 Å². The number of aliphatic carboxylic acids is 1. The van der Waals surface area contributed by atoms with Crippen LogP contribution in [0.5, 0.6) is 11.5 Å². The van der Waals surface area contributed by atoms with Crippen LogP contribution >= 0.6 is 0 Å². The maximum Gasteiger partial charge on any atom is 0.321 e. The van der Waals surface area contributed by atoms with Crippen LogP contribution in [0.1, 0.15) is 11.1 Å². The van der Waals surface area contributed by atoms with Gasteiger partial charge in [-0.2, -0.15) is 0 Å². The Bertz CT molecular complexity index is 1370. The molecule has 168 valence electrons. The van der Waals surface area contributed by atoms with Crippen LogP contribution in [0.3, 0.4) is 0 Å². The van der Waals surface area contributed by atoms with Crippen LogP contribution in [0.2, 0.25) is 0 Å². The number of carbonyl (C=O) groups is 1. The van der Waals surface area contributed by atoms with E-state index in [0.717, 1.165) is 11.6 Å². The van der Waals surface area contributed by atoms with Gasteiger partial charge in [0.15, 0.2) is 0 Å². The molecule has 33 heavy (non-hydrogen) atoms. The fourth-order valence-electron chi connectivity index (χ4n) is 3.65. The number of carboxylic acid groups (broad SMARTS) is 1. The van der Waals surface area contributed by atoms with Gasteiger partial charge in [-0.15, -0.1) is 0 Å². The highest BCUT2D eigenvalue weighted by Crippen LogP contribution is 2.34. The second-order valence-corrected chi connectivity index (χ2v) is 7.54. The number of rotatable bonds is 7. The van der Waals surface area contributed by atoms with Gasteiger partial charge in [-0.3, -0.25) is 14.9 Å². The van der Waals surface area contributed by atoms with Gasteiger partial charge in [0.1, 0.15) is 40.6 Å². The molecule has 0 spiro atoms. The zero-order chi connectivity index (χ0) is 23.5. The number of fused-ring (bicyclic) bond motifs is 1. The van der Waals surface area contributed by atoms with E-state index >= 15 is 0 Å². The first-order valence-corrected chi connectivity index (χ1v) is 10.1. The molecule has 4 rings (SSSR count). The highest BCUT2D eigenvalue weighted by atomic mass is 19.1. The molecular formula is C25H20FNO6. The molecule has 3 aromatic carbocycles. The Morgan fingerprint density at radius 2 is 1.73 bits per heavy atom. The number of nitrogens with one attached hydrogen (secondary N) is 1. The largest absolute Gasteiger partial charge is 0.507 e. The van der Waals surface area contributed by atoms with Crippen molar-refractivity contribution in [2.45, 2.75) is 19.0 Å². The summed E-state index contributed by atoms with van der Waals surface area (Å²) in [5.41, 5.74) is 0.806. The smallest absolute Gasteiger partial charge is 0.321 e. The molecule has 1 unspecified atom stereocenters. The van der Waals surface area contributed by atoms with Gasteiger partial charge in [0.25, 0.3) is 0 Å². The Labute approximate surface area is 187 Å². The lowest BCUT2D eigenvalue weighted by atomic mass is 10.0. The zero-order valence-electron chi connectivity index (χ0n) is 17.3. The Hall–Kier alpha value is -4.17. The Balaban J connectivity index is 1.70. The third-order valence-electron chi connectivity index (χ3n) is 5.37. The predicted molar refractivity (Wildman–Crippen MR) is 120 cm³/mol. The van der Waals surface area contributed by atoms with Crippen LogP contribution in [0.4, 0.5) is 4.39 Å². The van der Waals surface area contributed by atoms with Crippen molar-refractivity contribution >= 4 is 16.9 Å². The van der Waals surface area contributed by atoms with Crippen LogP contribution in [0.25, 0.3) is 22.1 Å². The lowest BCUT2D eigenvalue weighted by Crippen LogP contribution is -2.38. The summed E-state index contributed by atoms with van der Waals surface area (Å²) in [4.78, 5) is 24.8. The summed E-state index contributed by atoms with van der Waals surface area (Å²) in [7, 11) is 0. The molecule has 0 saturated heterocycles. The van der Waals surface area contributed by atoms with Crippen molar-refractivity contribution < 1.29 is 28.9 Å². The van der Waals surface area contributed by atoms with Crippen LogP contribution in [-0.2, 0) is 17.8 Å². The number of phenolic OH excluding ortho intramolecular Hbond substituents is 2. The summed E-state index contributed by atoms with van der Waals surface area (Å²) in [6.45, 7) is -0.134. The Morgan fingerprint density at radius 1 is 1.03 bits per heavy atom. The molecule has 0 saturated carbocycles. The average Bonchev–Trinajstić information content (AvgIpc) is 2.79. The lowest BCUT2D eigenvalue weighted by molar-refractivity contribution is -0.139. The number of aromatic hydroxyl groups is 2. The second-order valence-electron chi connectivity index (χ2n) is 7.54. The molecule has 1 heterocycles. The van der Waals surface area contributed by atoms with Gasteiger partial charge in [-0.25, -0.2) is 4.39 Å². The van der Waals surface area contributed by atoms with E-state index in [1.54, 1.807) is 24.3 Å². The van der Waals surface area contributed by atoms with Crippen molar-refractivity contribution in [3.8, 4) is 22.6 Å². The maximum atomic E-state index is 13.2. The SMILES string of the molecule is O=C(O)C(Cc1ccccc1)NCc1c(O)cc(O)c2c(=O)c(-c3ccc(F)cc3)coc12. The summed E-state index contributed by atoms with van der Waals surface area (Å²) in [6.07, 6.45) is 1.37. The second kappa shape index (κ2) is 9.13. The molecule has 4 N–H and O–H groups in total. The molecule has 0 radical (unpaired) electrons. The topological polar surface area (TPSA) is 120 Å². The molecule has 0 amide bonds. The van der Waals surface area contributed by atoms with Gasteiger partial charge in [0, 0.05) is 12.6 Å². The molecule has 4 aromatic rings. The van der Waals surface area contributed by atoms with E-state index in [9.17, 15) is 29.3 Å². The van der Waals surface area contributed by atoms with Crippen LogP contribution in [0.15, 0.2) is 76.1 Å². The Kier molecular flexibility index (Phi) is 6.10. The zero-order valence-corrected chi connectivity index (χ0v) is 17.3. The van der Waals surface area contributed by atoms with E-state index in [-0.39, 0.29) is 40.8 Å². The molecule has 0 fully saturated rings.